The van der Waals surface area contributed by atoms with Gasteiger partial charge in [0.1, 0.15) is 11.5 Å². The first-order valence-electron chi connectivity index (χ1n) is 9.28. The van der Waals surface area contributed by atoms with Crippen LogP contribution in [-0.4, -0.2) is 37.5 Å². The van der Waals surface area contributed by atoms with E-state index in [4.69, 9.17) is 9.97 Å². The van der Waals surface area contributed by atoms with Crippen LogP contribution in [0.2, 0.25) is 0 Å². The Kier molecular flexibility index (Phi) is 4.80. The molecule has 0 radical (unpaired) electrons. The second kappa shape index (κ2) is 7.38. The normalized spacial score (nSPS) is 18.2. The Morgan fingerprint density at radius 3 is 2.77 bits per heavy atom. The number of imidazole rings is 1. The summed E-state index contributed by atoms with van der Waals surface area (Å²) in [5.41, 5.74) is 3.29. The average Bonchev–Trinajstić information content (AvgIpc) is 3.08. The smallest absolute Gasteiger partial charge is 0.158 e. The number of rotatable bonds is 4. The lowest BCUT2D eigenvalue weighted by Crippen LogP contribution is -2.34. The first-order valence-corrected chi connectivity index (χ1v) is 9.28. The van der Waals surface area contributed by atoms with Crippen molar-refractivity contribution in [2.24, 2.45) is 7.05 Å². The average molecular weight is 347 g/mol. The number of nitrogens with zero attached hydrogens (tertiary/aromatic N) is 5. The molecule has 0 N–H and O–H groups in total. The molecule has 1 aliphatic heterocycles. The van der Waals surface area contributed by atoms with Crippen molar-refractivity contribution in [1.82, 2.24) is 24.4 Å². The molecule has 26 heavy (non-hydrogen) atoms. The van der Waals surface area contributed by atoms with Gasteiger partial charge in [0.05, 0.1) is 0 Å². The maximum absolute atomic E-state index is 4.88. The van der Waals surface area contributed by atoms with Gasteiger partial charge in [0, 0.05) is 44.1 Å². The van der Waals surface area contributed by atoms with E-state index in [2.05, 4.69) is 40.2 Å². The van der Waals surface area contributed by atoms with Crippen molar-refractivity contribution < 1.29 is 0 Å². The molecule has 3 aromatic rings. The number of benzene rings is 1. The summed E-state index contributed by atoms with van der Waals surface area (Å²) in [4.78, 5) is 16.6. The van der Waals surface area contributed by atoms with Crippen LogP contribution in [0.5, 0.6) is 0 Å². The van der Waals surface area contributed by atoms with Crippen LogP contribution in [0.4, 0.5) is 0 Å². The molecule has 0 amide bonds. The zero-order valence-electron chi connectivity index (χ0n) is 15.5. The highest BCUT2D eigenvalue weighted by Gasteiger charge is 2.24. The van der Waals surface area contributed by atoms with Gasteiger partial charge < -0.3 is 4.57 Å². The van der Waals surface area contributed by atoms with Gasteiger partial charge >= 0.3 is 0 Å². The number of aromatic nitrogens is 4. The molecular weight excluding hydrogens is 322 g/mol. The predicted octanol–water partition coefficient (Wildman–Crippen LogP) is 3.57. The molecule has 1 aromatic carbocycles. The van der Waals surface area contributed by atoms with Gasteiger partial charge in [0.25, 0.3) is 0 Å². The summed E-state index contributed by atoms with van der Waals surface area (Å²) in [7, 11) is 2.00. The third kappa shape index (κ3) is 3.68. The number of hydrogen-bond donors (Lipinski definition) is 0. The molecule has 2 aromatic heterocycles. The Bertz CT molecular complexity index is 871. The fraction of sp³-hybridized carbons (Fsp3) is 0.381. The lowest BCUT2D eigenvalue weighted by molar-refractivity contribution is 0.196. The summed E-state index contributed by atoms with van der Waals surface area (Å²) in [5, 5.41) is 0. The van der Waals surface area contributed by atoms with Gasteiger partial charge in [0.2, 0.25) is 0 Å². The Balaban J connectivity index is 1.55. The van der Waals surface area contributed by atoms with Crippen molar-refractivity contribution in [2.45, 2.75) is 32.2 Å². The quantitative estimate of drug-likeness (QED) is 0.724. The summed E-state index contributed by atoms with van der Waals surface area (Å²) in [6, 6.07) is 12.7. The van der Waals surface area contributed by atoms with Crippen LogP contribution in [0.3, 0.4) is 0 Å². The number of likely N-dealkylation sites (tertiary alicyclic amines) is 1. The van der Waals surface area contributed by atoms with Gasteiger partial charge in [-0.1, -0.05) is 30.3 Å². The van der Waals surface area contributed by atoms with E-state index in [0.717, 1.165) is 49.1 Å². The monoisotopic (exact) mass is 347 g/mol. The first kappa shape index (κ1) is 16.9. The van der Waals surface area contributed by atoms with Gasteiger partial charge in [-0.15, -0.1) is 0 Å². The molecule has 1 atom stereocenters. The van der Waals surface area contributed by atoms with E-state index in [1.165, 1.54) is 12.0 Å². The standard InChI is InChI=1S/C21H25N5/c1-16-13-19(21-22-10-12-25(21)2)24-20(23-16)18-9-6-11-26(15-18)14-17-7-4-3-5-8-17/h3-5,7-8,10,12-13,18H,6,9,11,14-15H2,1-2H3/t18-/m1/s1. The SMILES string of the molecule is Cc1cc(-c2nccn2C)nc([C@@H]2CCCN(Cc3ccccc3)C2)n1. The largest absolute Gasteiger partial charge is 0.333 e. The van der Waals surface area contributed by atoms with Crippen LogP contribution in [0.15, 0.2) is 48.8 Å². The summed E-state index contributed by atoms with van der Waals surface area (Å²) in [6.07, 6.45) is 6.10. The van der Waals surface area contributed by atoms with Crippen LogP contribution >= 0.6 is 0 Å². The van der Waals surface area contributed by atoms with Crippen molar-refractivity contribution in [3.63, 3.8) is 0 Å². The highest BCUT2D eigenvalue weighted by atomic mass is 15.1. The molecule has 1 saturated heterocycles. The minimum absolute atomic E-state index is 0.381. The summed E-state index contributed by atoms with van der Waals surface area (Å²) < 4.78 is 2.01. The fourth-order valence-corrected chi connectivity index (χ4v) is 3.75. The molecule has 4 rings (SSSR count). The topological polar surface area (TPSA) is 46.8 Å². The molecule has 0 unspecified atom stereocenters. The molecule has 134 valence electrons. The maximum Gasteiger partial charge on any atom is 0.158 e. The van der Waals surface area contributed by atoms with Gasteiger partial charge in [-0.3, -0.25) is 4.90 Å². The van der Waals surface area contributed by atoms with E-state index in [1.807, 2.05) is 37.0 Å². The van der Waals surface area contributed by atoms with E-state index < -0.39 is 0 Å². The molecule has 0 saturated carbocycles. The molecule has 5 heteroatoms. The second-order valence-electron chi connectivity index (χ2n) is 7.17. The highest BCUT2D eigenvalue weighted by Crippen LogP contribution is 2.27. The molecular formula is C21H25N5. The van der Waals surface area contributed by atoms with Gasteiger partial charge in [0.15, 0.2) is 5.82 Å². The van der Waals surface area contributed by atoms with Gasteiger partial charge in [-0.25, -0.2) is 15.0 Å². The summed E-state index contributed by atoms with van der Waals surface area (Å²) in [6.45, 7) is 5.19. The Hall–Kier alpha value is -2.53. The molecule has 0 spiro atoms. The van der Waals surface area contributed by atoms with Gasteiger partial charge in [-0.2, -0.15) is 0 Å². The molecule has 0 aliphatic carbocycles. The lowest BCUT2D eigenvalue weighted by Gasteiger charge is -2.32. The van der Waals surface area contributed by atoms with E-state index >= 15 is 0 Å². The van der Waals surface area contributed by atoms with Crippen LogP contribution in [0, 0.1) is 6.92 Å². The van der Waals surface area contributed by atoms with Crippen molar-refractivity contribution >= 4 is 0 Å². The third-order valence-corrected chi connectivity index (χ3v) is 5.04. The van der Waals surface area contributed by atoms with Crippen molar-refractivity contribution in [1.29, 1.82) is 0 Å². The summed E-state index contributed by atoms with van der Waals surface area (Å²) in [5.74, 6) is 2.24. The lowest BCUT2D eigenvalue weighted by atomic mass is 9.96. The second-order valence-corrected chi connectivity index (χ2v) is 7.17. The van der Waals surface area contributed by atoms with Crippen LogP contribution in [0.25, 0.3) is 11.5 Å². The minimum Gasteiger partial charge on any atom is -0.333 e. The first-order chi connectivity index (χ1) is 12.7. The fourth-order valence-electron chi connectivity index (χ4n) is 3.75. The molecule has 1 fully saturated rings. The van der Waals surface area contributed by atoms with Crippen molar-refractivity contribution in [3.8, 4) is 11.5 Å². The Morgan fingerprint density at radius 1 is 1.15 bits per heavy atom. The molecule has 3 heterocycles. The van der Waals surface area contributed by atoms with Crippen molar-refractivity contribution in [2.75, 3.05) is 13.1 Å². The summed E-state index contributed by atoms with van der Waals surface area (Å²) >= 11 is 0. The van der Waals surface area contributed by atoms with E-state index in [-0.39, 0.29) is 0 Å². The maximum atomic E-state index is 4.88. The van der Waals surface area contributed by atoms with E-state index in [0.29, 0.717) is 5.92 Å². The molecule has 5 nitrogen and oxygen atoms in total. The zero-order chi connectivity index (χ0) is 17.9. The predicted molar refractivity (Wildman–Crippen MR) is 103 cm³/mol. The van der Waals surface area contributed by atoms with E-state index in [9.17, 15) is 0 Å². The number of piperidine rings is 1. The molecule has 1 aliphatic rings. The van der Waals surface area contributed by atoms with Crippen LogP contribution in [-0.2, 0) is 13.6 Å². The third-order valence-electron chi connectivity index (χ3n) is 5.04. The van der Waals surface area contributed by atoms with Crippen LogP contribution in [0.1, 0.15) is 35.8 Å². The highest BCUT2D eigenvalue weighted by molar-refractivity contribution is 5.50. The van der Waals surface area contributed by atoms with Crippen LogP contribution < -0.4 is 0 Å². The number of hydrogen-bond acceptors (Lipinski definition) is 4. The molecule has 0 bridgehead atoms. The van der Waals surface area contributed by atoms with Gasteiger partial charge in [-0.05, 0) is 37.9 Å². The zero-order valence-corrected chi connectivity index (χ0v) is 15.5. The number of aryl methyl sites for hydroxylation is 2. The van der Waals surface area contributed by atoms with Crippen molar-refractivity contribution in [3.05, 3.63) is 65.9 Å². The minimum atomic E-state index is 0.381. The van der Waals surface area contributed by atoms with E-state index in [1.54, 1.807) is 0 Å². The Labute approximate surface area is 154 Å². The Morgan fingerprint density at radius 2 is 2.00 bits per heavy atom.